The average molecular weight is 403 g/mol. The van der Waals surface area contributed by atoms with Crippen LogP contribution in [0.5, 0.6) is 0 Å². The average Bonchev–Trinajstić information content (AvgIpc) is 2.76. The molecule has 30 heavy (non-hydrogen) atoms. The summed E-state index contributed by atoms with van der Waals surface area (Å²) in [7, 11) is 0. The summed E-state index contributed by atoms with van der Waals surface area (Å²) in [5.41, 5.74) is 2.49. The van der Waals surface area contributed by atoms with E-state index in [9.17, 15) is 14.7 Å². The second-order valence-electron chi connectivity index (χ2n) is 7.75. The Morgan fingerprint density at radius 3 is 2.73 bits per heavy atom. The van der Waals surface area contributed by atoms with Gasteiger partial charge in [-0.3, -0.25) is 14.6 Å². The van der Waals surface area contributed by atoms with Crippen LogP contribution < -0.4 is 0 Å². The van der Waals surface area contributed by atoms with Gasteiger partial charge in [-0.25, -0.2) is 0 Å². The molecule has 0 aliphatic carbocycles. The van der Waals surface area contributed by atoms with Crippen LogP contribution in [0.3, 0.4) is 0 Å². The van der Waals surface area contributed by atoms with Crippen LogP contribution in [0.1, 0.15) is 47.2 Å². The lowest BCUT2D eigenvalue weighted by atomic mass is 9.73. The van der Waals surface area contributed by atoms with Crippen molar-refractivity contribution >= 4 is 11.8 Å². The Morgan fingerprint density at radius 1 is 1.27 bits per heavy atom. The molecule has 2 aliphatic heterocycles. The smallest absolute Gasteiger partial charge is 0.255 e. The zero-order chi connectivity index (χ0) is 21.1. The number of nitrogens with zero attached hydrogens (tertiary/aromatic N) is 3. The predicted molar refractivity (Wildman–Crippen MR) is 113 cm³/mol. The van der Waals surface area contributed by atoms with Gasteiger partial charge in [0.2, 0.25) is 5.91 Å². The van der Waals surface area contributed by atoms with Crippen molar-refractivity contribution in [3.05, 3.63) is 65.5 Å². The zero-order valence-corrected chi connectivity index (χ0v) is 17.0. The molecule has 1 aromatic heterocycles. The van der Waals surface area contributed by atoms with Crippen LogP contribution in [0.2, 0.25) is 0 Å². The molecule has 6 nitrogen and oxygen atoms in total. The number of aliphatic hydroxyl groups is 1. The van der Waals surface area contributed by atoms with Crippen molar-refractivity contribution in [2.45, 2.75) is 37.8 Å². The first-order chi connectivity index (χ1) is 14.6. The highest BCUT2D eigenvalue weighted by Gasteiger charge is 2.54. The Morgan fingerprint density at radius 2 is 2.07 bits per heavy atom. The minimum atomic E-state index is -0.254. The Hall–Kier alpha value is -3.17. The maximum atomic E-state index is 12.8. The Kier molecular flexibility index (Phi) is 5.82. The van der Waals surface area contributed by atoms with Gasteiger partial charge in [0.05, 0.1) is 24.3 Å². The quantitative estimate of drug-likeness (QED) is 0.793. The Labute approximate surface area is 176 Å². The van der Waals surface area contributed by atoms with E-state index in [1.165, 1.54) is 6.20 Å². The van der Waals surface area contributed by atoms with E-state index in [-0.39, 0.29) is 43.0 Å². The number of piperazine rings is 1. The van der Waals surface area contributed by atoms with Crippen LogP contribution in [0.25, 0.3) is 0 Å². The lowest BCUT2D eigenvalue weighted by Gasteiger charge is -2.58. The van der Waals surface area contributed by atoms with Gasteiger partial charge in [-0.1, -0.05) is 30.9 Å². The third kappa shape index (κ3) is 3.69. The summed E-state index contributed by atoms with van der Waals surface area (Å²) in [6, 6.07) is 11.0. The number of unbranched alkanes of at least 4 members (excludes halogenated alkanes) is 1. The standard InChI is InChI=1S/C24H25N3O3/c1-2-3-4-6-17-8-10-18(11-9-17)23-20-14-26(15-22(29)27(20)21(23)16-28)24(30)19-7-5-12-25-13-19/h5,7-13,20-21,23,28H,2-3,14-16H2,1H3/t20-,21+,23-/m0/s1. The number of hydrogen-bond donors (Lipinski definition) is 1. The topological polar surface area (TPSA) is 73.7 Å². The summed E-state index contributed by atoms with van der Waals surface area (Å²) in [4.78, 5) is 32.9. The van der Waals surface area contributed by atoms with E-state index in [2.05, 4.69) is 23.7 Å². The predicted octanol–water partition coefficient (Wildman–Crippen LogP) is 2.04. The molecule has 0 unspecified atom stereocenters. The second-order valence-corrected chi connectivity index (χ2v) is 7.75. The van der Waals surface area contributed by atoms with Crippen LogP contribution >= 0.6 is 0 Å². The molecule has 3 heterocycles. The molecule has 2 amide bonds. The molecule has 2 fully saturated rings. The monoisotopic (exact) mass is 403 g/mol. The van der Waals surface area contributed by atoms with Gasteiger partial charge in [-0.2, -0.15) is 0 Å². The number of fused-ring (bicyclic) bond motifs is 1. The van der Waals surface area contributed by atoms with Crippen molar-refractivity contribution < 1.29 is 14.7 Å². The van der Waals surface area contributed by atoms with Crippen LogP contribution in [-0.4, -0.2) is 63.5 Å². The summed E-state index contributed by atoms with van der Waals surface area (Å²) < 4.78 is 0. The van der Waals surface area contributed by atoms with Crippen LogP contribution in [0, 0.1) is 11.8 Å². The molecule has 2 saturated heterocycles. The fourth-order valence-corrected chi connectivity index (χ4v) is 4.40. The van der Waals surface area contributed by atoms with Gasteiger partial charge in [-0.15, -0.1) is 0 Å². The summed E-state index contributed by atoms with van der Waals surface area (Å²) in [6.07, 6.45) is 5.04. The van der Waals surface area contributed by atoms with Gasteiger partial charge in [0.15, 0.2) is 0 Å². The molecule has 1 N–H and O–H groups in total. The summed E-state index contributed by atoms with van der Waals surface area (Å²) >= 11 is 0. The van der Waals surface area contributed by atoms with Crippen LogP contribution in [0.15, 0.2) is 48.8 Å². The lowest BCUT2D eigenvalue weighted by molar-refractivity contribution is -0.159. The SMILES string of the molecule is CCCC#Cc1ccc([C@@H]2[C@@H](CO)N3C(=O)CN(C(=O)c4cccnc4)C[C@@H]23)cc1. The van der Waals surface area contributed by atoms with E-state index in [0.29, 0.717) is 12.1 Å². The van der Waals surface area contributed by atoms with Crippen molar-refractivity contribution in [1.29, 1.82) is 0 Å². The number of pyridine rings is 1. The highest BCUT2D eigenvalue weighted by atomic mass is 16.3. The molecular formula is C24H25N3O3. The summed E-state index contributed by atoms with van der Waals surface area (Å²) in [5.74, 6) is 5.97. The third-order valence-corrected chi connectivity index (χ3v) is 5.85. The van der Waals surface area contributed by atoms with Crippen molar-refractivity contribution in [1.82, 2.24) is 14.8 Å². The van der Waals surface area contributed by atoms with E-state index >= 15 is 0 Å². The fraction of sp³-hybridized carbons (Fsp3) is 0.375. The first kappa shape index (κ1) is 20.1. The number of benzene rings is 1. The highest BCUT2D eigenvalue weighted by molar-refractivity contribution is 5.97. The first-order valence-corrected chi connectivity index (χ1v) is 10.3. The van der Waals surface area contributed by atoms with Crippen molar-refractivity contribution in [3.8, 4) is 11.8 Å². The van der Waals surface area contributed by atoms with Gasteiger partial charge in [0.1, 0.15) is 6.54 Å². The molecule has 6 heteroatoms. The second kappa shape index (κ2) is 8.68. The Bertz CT molecular complexity index is 978. The van der Waals surface area contributed by atoms with Gasteiger partial charge < -0.3 is 14.9 Å². The fourth-order valence-electron chi connectivity index (χ4n) is 4.40. The minimum absolute atomic E-state index is 0.0129. The number of amides is 2. The van der Waals surface area contributed by atoms with Crippen molar-refractivity contribution in [2.24, 2.45) is 0 Å². The molecule has 2 aliphatic rings. The maximum absolute atomic E-state index is 12.8. The summed E-state index contributed by atoms with van der Waals surface area (Å²) in [5, 5.41) is 9.92. The molecule has 3 atom stereocenters. The highest BCUT2D eigenvalue weighted by Crippen LogP contribution is 2.43. The molecule has 0 saturated carbocycles. The number of carbonyl (C=O) groups is 2. The maximum Gasteiger partial charge on any atom is 0.255 e. The van der Waals surface area contributed by atoms with Crippen LogP contribution in [-0.2, 0) is 4.79 Å². The molecule has 154 valence electrons. The summed E-state index contributed by atoms with van der Waals surface area (Å²) in [6.45, 7) is 2.47. The van der Waals surface area contributed by atoms with Gasteiger partial charge in [0, 0.05) is 36.8 Å². The Balaban J connectivity index is 1.54. The third-order valence-electron chi connectivity index (χ3n) is 5.85. The minimum Gasteiger partial charge on any atom is -0.394 e. The zero-order valence-electron chi connectivity index (χ0n) is 17.0. The number of hydrogen-bond acceptors (Lipinski definition) is 4. The van der Waals surface area contributed by atoms with Gasteiger partial charge in [-0.05, 0) is 36.2 Å². The number of aromatic nitrogens is 1. The molecule has 0 bridgehead atoms. The molecule has 0 radical (unpaired) electrons. The van der Waals surface area contributed by atoms with Gasteiger partial charge in [0.25, 0.3) is 5.91 Å². The first-order valence-electron chi connectivity index (χ1n) is 10.3. The van der Waals surface area contributed by atoms with E-state index in [4.69, 9.17) is 0 Å². The van der Waals surface area contributed by atoms with Crippen molar-refractivity contribution in [3.63, 3.8) is 0 Å². The van der Waals surface area contributed by atoms with E-state index in [1.54, 1.807) is 28.1 Å². The molecular weight excluding hydrogens is 378 g/mol. The molecule has 1 aromatic carbocycles. The lowest BCUT2D eigenvalue weighted by Crippen LogP contribution is -2.73. The van der Waals surface area contributed by atoms with Gasteiger partial charge >= 0.3 is 0 Å². The molecule has 0 spiro atoms. The van der Waals surface area contributed by atoms with E-state index in [1.807, 2.05) is 24.3 Å². The molecule has 2 aromatic rings. The number of aliphatic hydroxyl groups excluding tert-OH is 1. The normalized spacial score (nSPS) is 22.6. The van der Waals surface area contributed by atoms with Crippen molar-refractivity contribution in [2.75, 3.05) is 19.7 Å². The number of carbonyl (C=O) groups excluding carboxylic acids is 2. The van der Waals surface area contributed by atoms with E-state index < -0.39 is 0 Å². The number of rotatable bonds is 4. The molecule has 4 rings (SSSR count). The largest absolute Gasteiger partial charge is 0.394 e. The van der Waals surface area contributed by atoms with Crippen LogP contribution in [0.4, 0.5) is 0 Å². The van der Waals surface area contributed by atoms with E-state index in [0.717, 1.165) is 24.0 Å².